The average molecular weight is 437 g/mol. The van der Waals surface area contributed by atoms with E-state index >= 15 is 0 Å². The molecule has 0 saturated carbocycles. The van der Waals surface area contributed by atoms with Gasteiger partial charge in [-0.15, -0.1) is 0 Å². The highest BCUT2D eigenvalue weighted by atomic mass is 35.5. The van der Waals surface area contributed by atoms with Crippen molar-refractivity contribution in [2.75, 3.05) is 6.54 Å². The molecule has 1 unspecified atom stereocenters. The summed E-state index contributed by atoms with van der Waals surface area (Å²) in [5.74, 6) is -0.151. The number of hydrogen-bond donors (Lipinski definition) is 1. The van der Waals surface area contributed by atoms with E-state index in [1.807, 2.05) is 48.5 Å². The van der Waals surface area contributed by atoms with Gasteiger partial charge in [0.25, 0.3) is 5.91 Å². The smallest absolute Gasteiger partial charge is 0.251 e. The summed E-state index contributed by atoms with van der Waals surface area (Å²) in [6.45, 7) is 2.71. The Bertz CT molecular complexity index is 1110. The van der Waals surface area contributed by atoms with Crippen LogP contribution in [0.5, 0.6) is 0 Å². The lowest BCUT2D eigenvalue weighted by molar-refractivity contribution is 0.0953. The first-order chi connectivity index (χ1) is 14.6. The van der Waals surface area contributed by atoms with Crippen LogP contribution in [0.15, 0.2) is 81.5 Å². The van der Waals surface area contributed by atoms with Gasteiger partial charge >= 0.3 is 0 Å². The van der Waals surface area contributed by atoms with Crippen LogP contribution in [0.4, 0.5) is 5.69 Å². The van der Waals surface area contributed by atoms with Crippen molar-refractivity contribution < 1.29 is 9.35 Å². The van der Waals surface area contributed by atoms with Crippen LogP contribution in [0, 0.1) is 0 Å². The van der Waals surface area contributed by atoms with Crippen LogP contribution in [0.2, 0.25) is 5.02 Å². The molecule has 152 valence electrons. The Kier molecular flexibility index (Phi) is 6.23. The Morgan fingerprint density at radius 1 is 1.07 bits per heavy atom. The lowest BCUT2D eigenvalue weighted by Gasteiger charge is -2.12. The van der Waals surface area contributed by atoms with Gasteiger partial charge in [0.15, 0.2) is 9.79 Å². The van der Waals surface area contributed by atoms with E-state index in [0.717, 1.165) is 24.0 Å². The Morgan fingerprint density at radius 3 is 2.60 bits per heavy atom. The number of fused-ring (bicyclic) bond motifs is 2. The fourth-order valence-corrected chi connectivity index (χ4v) is 4.75. The predicted molar refractivity (Wildman–Crippen MR) is 122 cm³/mol. The summed E-state index contributed by atoms with van der Waals surface area (Å²) in [6.07, 6.45) is 1.94. The van der Waals surface area contributed by atoms with Gasteiger partial charge in [-0.25, -0.2) is 4.99 Å². The molecule has 0 radical (unpaired) electrons. The molecule has 0 aliphatic carbocycles. The Balaban J connectivity index is 1.83. The summed E-state index contributed by atoms with van der Waals surface area (Å²) in [6, 6.07) is 20.1. The molecule has 6 heteroatoms. The molecule has 0 aromatic heterocycles. The maximum absolute atomic E-state index is 13.4. The molecule has 1 heterocycles. The minimum atomic E-state index is -1.41. The summed E-state index contributed by atoms with van der Waals surface area (Å²) in [5.41, 5.74) is 3.43. The lowest BCUT2D eigenvalue weighted by atomic mass is 10.0. The van der Waals surface area contributed by atoms with Gasteiger partial charge < -0.3 is 9.87 Å². The summed E-state index contributed by atoms with van der Waals surface area (Å²) in [5, 5.41) is 3.56. The fraction of sp³-hybridized carbons (Fsp3) is 0.167. The van der Waals surface area contributed by atoms with Gasteiger partial charge in [0.1, 0.15) is 5.69 Å². The van der Waals surface area contributed by atoms with Gasteiger partial charge in [-0.3, -0.25) is 4.79 Å². The van der Waals surface area contributed by atoms with E-state index in [1.165, 1.54) is 0 Å². The molecule has 30 heavy (non-hydrogen) atoms. The molecule has 0 bridgehead atoms. The number of benzene rings is 3. The van der Waals surface area contributed by atoms with Crippen LogP contribution in [0.1, 0.15) is 41.3 Å². The fourth-order valence-electron chi connectivity index (χ4n) is 3.33. The van der Waals surface area contributed by atoms with Crippen LogP contribution in [0.25, 0.3) is 0 Å². The first-order valence-corrected chi connectivity index (χ1v) is 11.4. The number of nitrogens with one attached hydrogen (secondary N) is 1. The van der Waals surface area contributed by atoms with E-state index in [0.29, 0.717) is 38.3 Å². The molecule has 1 aliphatic rings. The molecule has 4 rings (SSSR count). The number of amides is 1. The second kappa shape index (κ2) is 9.04. The van der Waals surface area contributed by atoms with Crippen LogP contribution in [0.3, 0.4) is 0 Å². The molecule has 0 spiro atoms. The SMILES string of the molecule is CCCCNC(=O)c1ccc2c(c1)N=C(c1ccc(Cl)cc1)c1ccccc1[S+]2[O-]. The minimum absolute atomic E-state index is 0.151. The maximum atomic E-state index is 13.4. The monoisotopic (exact) mass is 436 g/mol. The van der Waals surface area contributed by atoms with Crippen molar-refractivity contribution in [3.05, 3.63) is 88.4 Å². The molecule has 1 aliphatic heterocycles. The molecular weight excluding hydrogens is 416 g/mol. The second-order valence-corrected chi connectivity index (χ2v) is 8.88. The summed E-state index contributed by atoms with van der Waals surface area (Å²) in [4.78, 5) is 18.7. The number of nitrogens with zero attached hydrogens (tertiary/aromatic N) is 1. The van der Waals surface area contributed by atoms with E-state index in [9.17, 15) is 9.35 Å². The predicted octanol–water partition coefficient (Wildman–Crippen LogP) is 5.52. The van der Waals surface area contributed by atoms with Crippen molar-refractivity contribution in [2.45, 2.75) is 29.6 Å². The van der Waals surface area contributed by atoms with E-state index in [2.05, 4.69) is 12.2 Å². The molecule has 0 saturated heterocycles. The van der Waals surface area contributed by atoms with Crippen LogP contribution >= 0.6 is 11.6 Å². The number of halogens is 1. The number of rotatable bonds is 5. The Labute approximate surface area is 184 Å². The molecule has 0 fully saturated rings. The molecule has 1 amide bonds. The van der Waals surface area contributed by atoms with E-state index in [1.54, 1.807) is 18.2 Å². The topological polar surface area (TPSA) is 64.5 Å². The van der Waals surface area contributed by atoms with E-state index in [4.69, 9.17) is 16.6 Å². The highest BCUT2D eigenvalue weighted by Crippen LogP contribution is 2.37. The van der Waals surface area contributed by atoms with E-state index < -0.39 is 11.2 Å². The van der Waals surface area contributed by atoms with Crippen molar-refractivity contribution in [3.8, 4) is 0 Å². The standard InChI is InChI=1S/C24H21ClN2O2S/c1-2-3-14-26-24(28)17-10-13-22-20(15-17)27-23(16-8-11-18(25)12-9-16)19-6-4-5-7-21(19)30(22)29/h4-13,15H,2-3,14H2,1H3,(H,26,28). The third-order valence-electron chi connectivity index (χ3n) is 4.93. The molecular formula is C24H21ClN2O2S. The largest absolute Gasteiger partial charge is 0.606 e. The third kappa shape index (κ3) is 4.15. The summed E-state index contributed by atoms with van der Waals surface area (Å²) < 4.78 is 13.4. The zero-order chi connectivity index (χ0) is 21.1. The average Bonchev–Trinajstić information content (AvgIpc) is 2.89. The number of aliphatic imine (C=N–C) groups is 1. The normalized spacial score (nSPS) is 14.9. The van der Waals surface area contributed by atoms with Crippen molar-refractivity contribution in [1.82, 2.24) is 5.32 Å². The van der Waals surface area contributed by atoms with Crippen molar-refractivity contribution in [3.63, 3.8) is 0 Å². The van der Waals surface area contributed by atoms with Crippen molar-refractivity contribution in [1.29, 1.82) is 0 Å². The summed E-state index contributed by atoms with van der Waals surface area (Å²) in [7, 11) is 0. The number of unbranched alkanes of at least 4 members (excludes halogenated alkanes) is 1. The highest BCUT2D eigenvalue weighted by molar-refractivity contribution is 7.91. The van der Waals surface area contributed by atoms with Gasteiger partial charge in [0.05, 0.1) is 11.3 Å². The number of carbonyl (C=O) groups is 1. The highest BCUT2D eigenvalue weighted by Gasteiger charge is 2.29. The maximum Gasteiger partial charge on any atom is 0.251 e. The van der Waals surface area contributed by atoms with Crippen LogP contribution in [-0.2, 0) is 11.2 Å². The Morgan fingerprint density at radius 2 is 1.83 bits per heavy atom. The van der Waals surface area contributed by atoms with E-state index in [-0.39, 0.29) is 5.91 Å². The minimum Gasteiger partial charge on any atom is -0.606 e. The third-order valence-corrected chi connectivity index (χ3v) is 6.68. The number of hydrogen-bond acceptors (Lipinski definition) is 3. The van der Waals surface area contributed by atoms with Gasteiger partial charge in [-0.2, -0.15) is 0 Å². The lowest BCUT2D eigenvalue weighted by Crippen LogP contribution is -2.24. The van der Waals surface area contributed by atoms with Crippen molar-refractivity contribution >= 4 is 40.1 Å². The van der Waals surface area contributed by atoms with Crippen LogP contribution < -0.4 is 5.32 Å². The van der Waals surface area contributed by atoms with Gasteiger partial charge in [0.2, 0.25) is 0 Å². The van der Waals surface area contributed by atoms with Crippen molar-refractivity contribution in [2.24, 2.45) is 4.99 Å². The summed E-state index contributed by atoms with van der Waals surface area (Å²) >= 11 is 4.66. The Hall–Kier alpha value is -2.60. The molecule has 4 nitrogen and oxygen atoms in total. The van der Waals surface area contributed by atoms with Crippen LogP contribution in [-0.4, -0.2) is 22.7 Å². The van der Waals surface area contributed by atoms with Gasteiger partial charge in [-0.1, -0.05) is 49.2 Å². The quantitative estimate of drug-likeness (QED) is 0.422. The first-order valence-electron chi connectivity index (χ1n) is 9.86. The molecule has 3 aromatic carbocycles. The zero-order valence-electron chi connectivity index (χ0n) is 16.5. The first kappa shape index (κ1) is 20.7. The molecule has 3 aromatic rings. The number of carbonyl (C=O) groups excluding carboxylic acids is 1. The van der Waals surface area contributed by atoms with Gasteiger partial charge in [-0.05, 0) is 48.9 Å². The second-order valence-electron chi connectivity index (χ2n) is 7.02. The zero-order valence-corrected chi connectivity index (χ0v) is 18.1. The molecule has 1 N–H and O–H groups in total. The molecule has 1 atom stereocenters. The van der Waals surface area contributed by atoms with Gasteiger partial charge in [0, 0.05) is 33.9 Å².